The van der Waals surface area contributed by atoms with Crippen LogP contribution in [0.2, 0.25) is 0 Å². The topological polar surface area (TPSA) is 34.1 Å². The standard InChI is InChI=1S/2C16H20O/c2*1-13(5-4-10-17)11-14-8-9-15-6-2-3-7-16(15)12-14/h2*8-12H,2-7H2,1H3/b13-11+;13-11-. The number of rotatable bonds is 8. The second kappa shape index (κ2) is 13.8. The zero-order chi connectivity index (χ0) is 24.2. The molecule has 2 heteroatoms. The molecule has 0 saturated carbocycles. The highest BCUT2D eigenvalue weighted by Crippen LogP contribution is 2.24. The Morgan fingerprint density at radius 3 is 1.38 bits per heavy atom. The van der Waals surface area contributed by atoms with Crippen molar-refractivity contribution in [2.24, 2.45) is 0 Å². The Kier molecular flexibility index (Phi) is 10.5. The molecule has 0 heterocycles. The molecule has 0 saturated heterocycles. The summed E-state index contributed by atoms with van der Waals surface area (Å²) in [6.07, 6.45) is 19.7. The van der Waals surface area contributed by atoms with Crippen LogP contribution in [0.4, 0.5) is 0 Å². The van der Waals surface area contributed by atoms with E-state index in [1.54, 1.807) is 0 Å². The molecule has 4 rings (SSSR count). The minimum atomic E-state index is 0.632. The Hall–Kier alpha value is -2.74. The Morgan fingerprint density at radius 2 is 1.00 bits per heavy atom. The maximum absolute atomic E-state index is 10.3. The van der Waals surface area contributed by atoms with Crippen molar-refractivity contribution in [1.82, 2.24) is 0 Å². The molecule has 0 unspecified atom stereocenters. The molecule has 2 aromatic carbocycles. The average Bonchev–Trinajstić information content (AvgIpc) is 2.86. The number of carbonyl (C=O) groups is 2. The Labute approximate surface area is 206 Å². The van der Waals surface area contributed by atoms with Gasteiger partial charge in [0.2, 0.25) is 0 Å². The molecule has 0 amide bonds. The van der Waals surface area contributed by atoms with Crippen LogP contribution >= 0.6 is 0 Å². The maximum Gasteiger partial charge on any atom is 0.120 e. The first-order valence-corrected chi connectivity index (χ1v) is 13.0. The molecule has 0 radical (unpaired) electrons. The van der Waals surface area contributed by atoms with Crippen LogP contribution in [0.15, 0.2) is 47.5 Å². The minimum absolute atomic E-state index is 0.632. The molecule has 0 atom stereocenters. The van der Waals surface area contributed by atoms with Gasteiger partial charge in [-0.15, -0.1) is 0 Å². The first kappa shape index (κ1) is 25.9. The van der Waals surface area contributed by atoms with Crippen LogP contribution in [-0.4, -0.2) is 12.6 Å². The summed E-state index contributed by atoms with van der Waals surface area (Å²) >= 11 is 0. The van der Waals surface area contributed by atoms with E-state index in [1.165, 1.54) is 95.9 Å². The molecule has 2 nitrogen and oxygen atoms in total. The summed E-state index contributed by atoms with van der Waals surface area (Å²) in [5.74, 6) is 0. The Bertz CT molecular complexity index is 942. The van der Waals surface area contributed by atoms with Gasteiger partial charge in [-0.2, -0.15) is 0 Å². The van der Waals surface area contributed by atoms with Crippen molar-refractivity contribution in [3.8, 4) is 0 Å². The first-order chi connectivity index (χ1) is 16.6. The number of hydrogen-bond donors (Lipinski definition) is 0. The molecule has 180 valence electrons. The highest BCUT2D eigenvalue weighted by Gasteiger charge is 2.09. The van der Waals surface area contributed by atoms with E-state index in [4.69, 9.17) is 0 Å². The summed E-state index contributed by atoms with van der Waals surface area (Å²) in [4.78, 5) is 20.7. The van der Waals surface area contributed by atoms with Crippen LogP contribution in [0.1, 0.15) is 98.6 Å². The van der Waals surface area contributed by atoms with Crippen LogP contribution in [-0.2, 0) is 35.3 Å². The lowest BCUT2D eigenvalue weighted by Crippen LogP contribution is -2.02. The van der Waals surface area contributed by atoms with Gasteiger partial charge < -0.3 is 9.59 Å². The predicted octanol–water partition coefficient (Wildman–Crippen LogP) is 7.90. The van der Waals surface area contributed by atoms with Crippen LogP contribution in [0, 0.1) is 0 Å². The monoisotopic (exact) mass is 456 g/mol. The molecule has 2 aromatic rings. The van der Waals surface area contributed by atoms with Crippen molar-refractivity contribution in [2.75, 3.05) is 0 Å². The van der Waals surface area contributed by atoms with Crippen LogP contribution < -0.4 is 0 Å². The van der Waals surface area contributed by atoms with Crippen LogP contribution in [0.25, 0.3) is 12.2 Å². The van der Waals surface area contributed by atoms with Gasteiger partial charge in [0, 0.05) is 12.8 Å². The molecule has 0 N–H and O–H groups in total. The molecule has 0 aromatic heterocycles. The lowest BCUT2D eigenvalue weighted by molar-refractivity contribution is -0.108. The smallest absolute Gasteiger partial charge is 0.120 e. The molecule has 2 aliphatic rings. The quantitative estimate of drug-likeness (QED) is 0.378. The highest BCUT2D eigenvalue weighted by molar-refractivity contribution is 5.57. The molecule has 0 spiro atoms. The number of aryl methyl sites for hydroxylation is 4. The van der Waals surface area contributed by atoms with Crippen molar-refractivity contribution in [3.63, 3.8) is 0 Å². The van der Waals surface area contributed by atoms with Crippen LogP contribution in [0.3, 0.4) is 0 Å². The SMILES string of the molecule is C/C(=C/c1ccc2c(c1)CCCC2)CCC=O.C/C(=C\c1ccc2c(c1)CCCC2)CCC=O. The number of allylic oxidation sites excluding steroid dienone is 2. The summed E-state index contributed by atoms with van der Waals surface area (Å²) in [6.45, 7) is 4.20. The summed E-state index contributed by atoms with van der Waals surface area (Å²) in [7, 11) is 0. The largest absolute Gasteiger partial charge is 0.303 e. The summed E-state index contributed by atoms with van der Waals surface area (Å²) in [6, 6.07) is 13.6. The van der Waals surface area contributed by atoms with Gasteiger partial charge in [0.05, 0.1) is 0 Å². The summed E-state index contributed by atoms with van der Waals surface area (Å²) < 4.78 is 0. The number of fused-ring (bicyclic) bond motifs is 2. The third-order valence-corrected chi connectivity index (χ3v) is 6.88. The lowest BCUT2D eigenvalue weighted by Gasteiger charge is -2.15. The maximum atomic E-state index is 10.3. The fourth-order valence-electron chi connectivity index (χ4n) is 4.97. The minimum Gasteiger partial charge on any atom is -0.303 e. The van der Waals surface area contributed by atoms with Gasteiger partial charge in [-0.1, -0.05) is 59.7 Å². The number of benzene rings is 2. The zero-order valence-corrected chi connectivity index (χ0v) is 21.1. The molecule has 34 heavy (non-hydrogen) atoms. The average molecular weight is 457 g/mol. The Balaban J connectivity index is 0.000000191. The van der Waals surface area contributed by atoms with Crippen molar-refractivity contribution < 1.29 is 9.59 Å². The summed E-state index contributed by atoms with van der Waals surface area (Å²) in [5.41, 5.74) is 11.2. The van der Waals surface area contributed by atoms with Crippen molar-refractivity contribution >= 4 is 24.7 Å². The third-order valence-electron chi connectivity index (χ3n) is 6.88. The van der Waals surface area contributed by atoms with Gasteiger partial charge in [-0.25, -0.2) is 0 Å². The fraction of sp³-hybridized carbons (Fsp3) is 0.438. The van der Waals surface area contributed by atoms with Gasteiger partial charge in [0.1, 0.15) is 12.6 Å². The van der Waals surface area contributed by atoms with Gasteiger partial charge in [0.25, 0.3) is 0 Å². The molecular formula is C32H40O2. The number of hydrogen-bond acceptors (Lipinski definition) is 2. The van der Waals surface area contributed by atoms with E-state index in [2.05, 4.69) is 62.4 Å². The molecule has 0 fully saturated rings. The fourth-order valence-corrected chi connectivity index (χ4v) is 4.97. The molecule has 0 aliphatic heterocycles. The third kappa shape index (κ3) is 8.24. The molecule has 0 bridgehead atoms. The van der Waals surface area contributed by atoms with E-state index in [1.807, 2.05) is 0 Å². The summed E-state index contributed by atoms with van der Waals surface area (Å²) in [5, 5.41) is 0. The second-order valence-electron chi connectivity index (χ2n) is 9.86. The van der Waals surface area contributed by atoms with Gasteiger partial charge in [-0.05, 0) is 111 Å². The van der Waals surface area contributed by atoms with E-state index in [-0.39, 0.29) is 0 Å². The normalized spacial score (nSPS) is 15.5. The van der Waals surface area contributed by atoms with Crippen LogP contribution in [0.5, 0.6) is 0 Å². The second-order valence-corrected chi connectivity index (χ2v) is 9.86. The lowest BCUT2D eigenvalue weighted by atomic mass is 9.90. The zero-order valence-electron chi connectivity index (χ0n) is 21.1. The van der Waals surface area contributed by atoms with E-state index in [0.717, 1.165) is 25.4 Å². The van der Waals surface area contributed by atoms with Gasteiger partial charge in [-0.3, -0.25) is 0 Å². The number of aldehydes is 2. The van der Waals surface area contributed by atoms with E-state index in [0.29, 0.717) is 12.8 Å². The highest BCUT2D eigenvalue weighted by atomic mass is 16.1. The van der Waals surface area contributed by atoms with Crippen molar-refractivity contribution in [1.29, 1.82) is 0 Å². The Morgan fingerprint density at radius 1 is 0.618 bits per heavy atom. The molecule has 2 aliphatic carbocycles. The predicted molar refractivity (Wildman–Crippen MR) is 144 cm³/mol. The first-order valence-electron chi connectivity index (χ1n) is 13.0. The van der Waals surface area contributed by atoms with Gasteiger partial charge in [0.15, 0.2) is 0 Å². The number of carbonyl (C=O) groups excluding carboxylic acids is 2. The van der Waals surface area contributed by atoms with E-state index < -0.39 is 0 Å². The van der Waals surface area contributed by atoms with E-state index in [9.17, 15) is 9.59 Å². The van der Waals surface area contributed by atoms with Gasteiger partial charge >= 0.3 is 0 Å². The van der Waals surface area contributed by atoms with Crippen molar-refractivity contribution in [2.45, 2.75) is 90.9 Å². The van der Waals surface area contributed by atoms with E-state index >= 15 is 0 Å². The van der Waals surface area contributed by atoms with Crippen molar-refractivity contribution in [3.05, 3.63) is 80.9 Å². The molecular weight excluding hydrogens is 416 g/mol.